The van der Waals surface area contributed by atoms with Crippen molar-refractivity contribution in [2.45, 2.75) is 6.54 Å². The first kappa shape index (κ1) is 12.9. The van der Waals surface area contributed by atoms with E-state index in [0.717, 1.165) is 17.1 Å². The van der Waals surface area contributed by atoms with Crippen molar-refractivity contribution in [1.29, 1.82) is 5.26 Å². The Morgan fingerprint density at radius 3 is 2.76 bits per heavy atom. The maximum atomic E-state index is 8.82. The molecule has 0 atom stereocenters. The number of pyridine rings is 1. The van der Waals surface area contributed by atoms with Crippen molar-refractivity contribution in [2.24, 2.45) is 0 Å². The molecule has 0 saturated heterocycles. The summed E-state index contributed by atoms with van der Waals surface area (Å²) in [5.41, 5.74) is 2.47. The summed E-state index contributed by atoms with van der Waals surface area (Å²) in [7, 11) is 0. The first-order valence-corrected chi connectivity index (χ1v) is 6.55. The van der Waals surface area contributed by atoms with E-state index in [0.29, 0.717) is 18.1 Å². The van der Waals surface area contributed by atoms with E-state index >= 15 is 0 Å². The van der Waals surface area contributed by atoms with Gasteiger partial charge in [0.2, 0.25) is 0 Å². The molecule has 0 radical (unpaired) electrons. The van der Waals surface area contributed by atoms with E-state index < -0.39 is 0 Å². The van der Waals surface area contributed by atoms with Crippen molar-refractivity contribution in [3.63, 3.8) is 0 Å². The van der Waals surface area contributed by atoms with E-state index in [4.69, 9.17) is 5.26 Å². The molecule has 5 heteroatoms. The number of rotatable bonds is 4. The summed E-state index contributed by atoms with van der Waals surface area (Å²) >= 11 is 0. The Hall–Kier alpha value is -3.13. The molecule has 2 N–H and O–H groups in total. The van der Waals surface area contributed by atoms with Crippen LogP contribution in [-0.2, 0) is 6.54 Å². The Morgan fingerprint density at radius 1 is 1.10 bits per heavy atom. The second kappa shape index (κ2) is 5.88. The molecule has 1 aromatic carbocycles. The van der Waals surface area contributed by atoms with Crippen LogP contribution in [0.2, 0.25) is 0 Å². The SMILES string of the molecule is N#Cc1cccc(NCc2ncc(-c3ccccc3)[nH]2)n1. The van der Waals surface area contributed by atoms with Gasteiger partial charge >= 0.3 is 0 Å². The van der Waals surface area contributed by atoms with E-state index in [-0.39, 0.29) is 0 Å². The number of hydrogen-bond acceptors (Lipinski definition) is 4. The van der Waals surface area contributed by atoms with Gasteiger partial charge < -0.3 is 10.3 Å². The third-order valence-electron chi connectivity index (χ3n) is 3.01. The average Bonchev–Trinajstić information content (AvgIpc) is 3.03. The molecule has 0 fully saturated rings. The van der Waals surface area contributed by atoms with Gasteiger partial charge in [0.25, 0.3) is 0 Å². The minimum Gasteiger partial charge on any atom is -0.363 e. The summed E-state index contributed by atoms with van der Waals surface area (Å²) in [4.78, 5) is 11.8. The zero-order valence-corrected chi connectivity index (χ0v) is 11.2. The van der Waals surface area contributed by atoms with Crippen molar-refractivity contribution in [3.05, 3.63) is 66.2 Å². The van der Waals surface area contributed by atoms with Crippen LogP contribution in [0.3, 0.4) is 0 Å². The van der Waals surface area contributed by atoms with E-state index in [1.165, 1.54) is 0 Å². The second-order valence-electron chi connectivity index (χ2n) is 4.48. The van der Waals surface area contributed by atoms with Crippen LogP contribution in [0, 0.1) is 11.3 Å². The number of aromatic nitrogens is 3. The molecule has 102 valence electrons. The molecular formula is C16H13N5. The molecule has 0 unspecified atom stereocenters. The molecule has 5 nitrogen and oxygen atoms in total. The molecule has 0 aliphatic rings. The van der Waals surface area contributed by atoms with Crippen LogP contribution >= 0.6 is 0 Å². The summed E-state index contributed by atoms with van der Waals surface area (Å²) in [6.07, 6.45) is 1.81. The van der Waals surface area contributed by atoms with Crippen molar-refractivity contribution < 1.29 is 0 Å². The lowest BCUT2D eigenvalue weighted by Gasteiger charge is -2.03. The summed E-state index contributed by atoms with van der Waals surface area (Å²) in [5.74, 6) is 1.48. The van der Waals surface area contributed by atoms with Crippen LogP contribution in [0.1, 0.15) is 11.5 Å². The Kier molecular flexibility index (Phi) is 3.61. The highest BCUT2D eigenvalue weighted by Gasteiger charge is 2.03. The van der Waals surface area contributed by atoms with Gasteiger partial charge in [-0.2, -0.15) is 5.26 Å². The van der Waals surface area contributed by atoms with Crippen LogP contribution in [0.25, 0.3) is 11.3 Å². The number of H-pyrrole nitrogens is 1. The van der Waals surface area contributed by atoms with Crippen LogP contribution < -0.4 is 5.32 Å². The molecule has 21 heavy (non-hydrogen) atoms. The minimum atomic E-state index is 0.393. The van der Waals surface area contributed by atoms with Gasteiger partial charge in [-0.3, -0.25) is 0 Å². The summed E-state index contributed by atoms with van der Waals surface area (Å²) in [6.45, 7) is 0.523. The fourth-order valence-electron chi connectivity index (χ4n) is 1.99. The van der Waals surface area contributed by atoms with Crippen molar-refractivity contribution >= 4 is 5.82 Å². The highest BCUT2D eigenvalue weighted by Crippen LogP contribution is 2.16. The van der Waals surface area contributed by atoms with Crippen LogP contribution in [0.5, 0.6) is 0 Å². The monoisotopic (exact) mass is 275 g/mol. The number of nitriles is 1. The zero-order valence-electron chi connectivity index (χ0n) is 11.2. The number of benzene rings is 1. The third-order valence-corrected chi connectivity index (χ3v) is 3.01. The van der Waals surface area contributed by atoms with Gasteiger partial charge in [-0.05, 0) is 17.7 Å². The third kappa shape index (κ3) is 3.07. The lowest BCUT2D eigenvalue weighted by molar-refractivity contribution is 0.987. The number of imidazole rings is 1. The maximum Gasteiger partial charge on any atom is 0.142 e. The molecule has 2 heterocycles. The van der Waals surface area contributed by atoms with E-state index in [2.05, 4.69) is 20.3 Å². The normalized spacial score (nSPS) is 10.0. The molecule has 0 spiro atoms. The van der Waals surface area contributed by atoms with E-state index in [9.17, 15) is 0 Å². The Bertz CT molecular complexity index is 771. The molecule has 3 aromatic rings. The summed E-state index contributed by atoms with van der Waals surface area (Å²) in [5, 5.41) is 12.0. The fraction of sp³-hybridized carbons (Fsp3) is 0.0625. The predicted octanol–water partition coefficient (Wildman–Crippen LogP) is 2.96. The molecule has 0 aliphatic heterocycles. The zero-order chi connectivity index (χ0) is 14.5. The molecule has 2 aromatic heterocycles. The van der Waals surface area contributed by atoms with Gasteiger partial charge in [-0.1, -0.05) is 36.4 Å². The minimum absolute atomic E-state index is 0.393. The molecule has 0 amide bonds. The van der Waals surface area contributed by atoms with Gasteiger partial charge in [-0.25, -0.2) is 9.97 Å². The van der Waals surface area contributed by atoms with E-state index in [1.807, 2.05) is 48.7 Å². The van der Waals surface area contributed by atoms with Gasteiger partial charge in [-0.15, -0.1) is 0 Å². The molecule has 3 rings (SSSR count). The quantitative estimate of drug-likeness (QED) is 0.767. The van der Waals surface area contributed by atoms with Crippen molar-refractivity contribution in [1.82, 2.24) is 15.0 Å². The number of aromatic amines is 1. The average molecular weight is 275 g/mol. The summed E-state index contributed by atoms with van der Waals surface area (Å²) in [6, 6.07) is 17.3. The Balaban J connectivity index is 1.69. The summed E-state index contributed by atoms with van der Waals surface area (Å²) < 4.78 is 0. The molecule has 0 aliphatic carbocycles. The number of hydrogen-bond donors (Lipinski definition) is 2. The highest BCUT2D eigenvalue weighted by molar-refractivity contribution is 5.58. The van der Waals surface area contributed by atoms with Crippen LogP contribution in [0.4, 0.5) is 5.82 Å². The van der Waals surface area contributed by atoms with Gasteiger partial charge in [0.1, 0.15) is 23.4 Å². The van der Waals surface area contributed by atoms with Crippen LogP contribution in [0.15, 0.2) is 54.7 Å². The molecule has 0 saturated carbocycles. The van der Waals surface area contributed by atoms with Gasteiger partial charge in [0.05, 0.1) is 18.4 Å². The number of nitrogens with one attached hydrogen (secondary N) is 2. The Labute approximate surface area is 122 Å². The second-order valence-corrected chi connectivity index (χ2v) is 4.48. The lowest BCUT2D eigenvalue weighted by atomic mass is 10.2. The van der Waals surface area contributed by atoms with Gasteiger partial charge in [0, 0.05) is 0 Å². The maximum absolute atomic E-state index is 8.82. The van der Waals surface area contributed by atoms with Crippen molar-refractivity contribution in [2.75, 3.05) is 5.32 Å². The molecule has 0 bridgehead atoms. The standard InChI is InChI=1S/C16H13N5/c17-9-13-7-4-8-15(20-13)19-11-16-18-10-14(21-16)12-5-2-1-3-6-12/h1-8,10H,11H2,(H,18,21)(H,19,20). The predicted molar refractivity (Wildman–Crippen MR) is 80.3 cm³/mol. The van der Waals surface area contributed by atoms with E-state index in [1.54, 1.807) is 12.1 Å². The first-order chi connectivity index (χ1) is 10.3. The number of nitrogens with zero attached hydrogens (tertiary/aromatic N) is 3. The Morgan fingerprint density at radius 2 is 1.95 bits per heavy atom. The first-order valence-electron chi connectivity index (χ1n) is 6.55. The topological polar surface area (TPSA) is 77.4 Å². The van der Waals surface area contributed by atoms with Crippen LogP contribution in [-0.4, -0.2) is 15.0 Å². The smallest absolute Gasteiger partial charge is 0.142 e. The largest absolute Gasteiger partial charge is 0.363 e. The lowest BCUT2D eigenvalue weighted by Crippen LogP contribution is -2.03. The van der Waals surface area contributed by atoms with Gasteiger partial charge in [0.15, 0.2) is 0 Å². The van der Waals surface area contributed by atoms with Crippen molar-refractivity contribution in [3.8, 4) is 17.3 Å². The molecular weight excluding hydrogens is 262 g/mol. The number of anilines is 1. The highest BCUT2D eigenvalue weighted by atomic mass is 15.0. The fourth-order valence-corrected chi connectivity index (χ4v) is 1.99.